The number of pyridine rings is 1. The van der Waals surface area contributed by atoms with Gasteiger partial charge in [-0.25, -0.2) is 4.98 Å². The van der Waals surface area contributed by atoms with Crippen LogP contribution >= 0.6 is 0 Å². The number of hydrogen-bond acceptors (Lipinski definition) is 3. The Labute approximate surface area is 147 Å². The first-order valence-electron chi connectivity index (χ1n) is 8.65. The van der Waals surface area contributed by atoms with Crippen molar-refractivity contribution in [1.29, 1.82) is 0 Å². The first kappa shape index (κ1) is 15.8. The number of benzene rings is 1. The van der Waals surface area contributed by atoms with E-state index in [1.54, 1.807) is 6.07 Å². The zero-order valence-corrected chi connectivity index (χ0v) is 14.3. The lowest BCUT2D eigenvalue weighted by molar-refractivity contribution is -0.117. The lowest BCUT2D eigenvalue weighted by atomic mass is 9.86. The summed E-state index contributed by atoms with van der Waals surface area (Å²) in [6.45, 7) is 3.87. The monoisotopic (exact) mass is 335 g/mol. The predicted molar refractivity (Wildman–Crippen MR) is 95.3 cm³/mol. The van der Waals surface area contributed by atoms with Crippen molar-refractivity contribution in [3.63, 3.8) is 0 Å². The number of aromatic nitrogens is 1. The molecule has 2 aromatic rings. The Balaban J connectivity index is 1.50. The standard InChI is InChI=1S/C20H21N3O2/c1-15-6-5-9-17(21-15)19(25)22-11-10-20(13-22)12-18(24)23(14-20)16-7-3-2-4-8-16/h2-9H,10-14H2,1H3/t20-/m0/s1. The minimum absolute atomic E-state index is 0.0359. The fraction of sp³-hybridized carbons (Fsp3) is 0.350. The molecule has 1 aromatic heterocycles. The second-order valence-corrected chi connectivity index (χ2v) is 7.13. The Hall–Kier alpha value is -2.69. The number of aryl methyl sites for hydroxylation is 1. The van der Waals surface area contributed by atoms with E-state index < -0.39 is 0 Å². The van der Waals surface area contributed by atoms with Crippen LogP contribution in [-0.2, 0) is 4.79 Å². The Morgan fingerprint density at radius 1 is 1.08 bits per heavy atom. The molecule has 0 bridgehead atoms. The number of para-hydroxylation sites is 1. The summed E-state index contributed by atoms with van der Waals surface area (Å²) < 4.78 is 0. The van der Waals surface area contributed by atoms with Crippen LogP contribution in [0.2, 0.25) is 0 Å². The number of rotatable bonds is 2. The first-order chi connectivity index (χ1) is 12.1. The molecule has 2 amide bonds. The minimum Gasteiger partial charge on any atom is -0.337 e. The van der Waals surface area contributed by atoms with Crippen molar-refractivity contribution in [3.8, 4) is 0 Å². The van der Waals surface area contributed by atoms with Crippen LogP contribution < -0.4 is 4.90 Å². The van der Waals surface area contributed by atoms with Gasteiger partial charge in [0.25, 0.3) is 5.91 Å². The Morgan fingerprint density at radius 3 is 2.64 bits per heavy atom. The predicted octanol–water partition coefficient (Wildman–Crippen LogP) is 2.66. The van der Waals surface area contributed by atoms with Gasteiger partial charge in [0, 0.05) is 42.9 Å². The highest BCUT2D eigenvalue weighted by Gasteiger charge is 2.48. The van der Waals surface area contributed by atoms with Crippen molar-refractivity contribution in [2.24, 2.45) is 5.41 Å². The lowest BCUT2D eigenvalue weighted by Crippen LogP contribution is -2.34. The first-order valence-corrected chi connectivity index (χ1v) is 8.65. The van der Waals surface area contributed by atoms with E-state index in [0.717, 1.165) is 17.8 Å². The van der Waals surface area contributed by atoms with E-state index in [4.69, 9.17) is 0 Å². The molecule has 0 radical (unpaired) electrons. The zero-order chi connectivity index (χ0) is 17.4. The summed E-state index contributed by atoms with van der Waals surface area (Å²) in [6, 6.07) is 15.3. The molecule has 0 N–H and O–H groups in total. The van der Waals surface area contributed by atoms with Gasteiger partial charge in [0.1, 0.15) is 5.69 Å². The summed E-state index contributed by atoms with van der Waals surface area (Å²) in [5.41, 5.74) is 2.13. The van der Waals surface area contributed by atoms with E-state index in [9.17, 15) is 9.59 Å². The van der Waals surface area contributed by atoms with Crippen LogP contribution in [0, 0.1) is 12.3 Å². The summed E-state index contributed by atoms with van der Waals surface area (Å²) in [5.74, 6) is 0.111. The molecular weight excluding hydrogens is 314 g/mol. The van der Waals surface area contributed by atoms with Crippen LogP contribution in [0.5, 0.6) is 0 Å². The zero-order valence-electron chi connectivity index (χ0n) is 14.3. The molecule has 2 aliphatic heterocycles. The second kappa shape index (κ2) is 5.99. The van der Waals surface area contributed by atoms with E-state index >= 15 is 0 Å². The maximum atomic E-state index is 12.7. The van der Waals surface area contributed by atoms with Crippen molar-refractivity contribution in [2.75, 3.05) is 24.5 Å². The van der Waals surface area contributed by atoms with E-state index in [-0.39, 0.29) is 17.2 Å². The van der Waals surface area contributed by atoms with Crippen LogP contribution in [0.15, 0.2) is 48.5 Å². The van der Waals surface area contributed by atoms with Gasteiger partial charge in [0.05, 0.1) is 0 Å². The van der Waals surface area contributed by atoms with Crippen LogP contribution in [0.1, 0.15) is 29.0 Å². The molecule has 2 fully saturated rings. The molecule has 1 atom stereocenters. The molecule has 128 valence electrons. The second-order valence-electron chi connectivity index (χ2n) is 7.13. The Morgan fingerprint density at radius 2 is 1.88 bits per heavy atom. The molecule has 1 spiro atoms. The van der Waals surface area contributed by atoms with Gasteiger partial charge >= 0.3 is 0 Å². The van der Waals surface area contributed by atoms with Crippen LogP contribution in [0.3, 0.4) is 0 Å². The molecule has 0 saturated carbocycles. The minimum atomic E-state index is -0.133. The van der Waals surface area contributed by atoms with E-state index in [0.29, 0.717) is 31.7 Å². The molecule has 3 heterocycles. The summed E-state index contributed by atoms with van der Waals surface area (Å²) in [4.78, 5) is 33.3. The maximum absolute atomic E-state index is 12.7. The van der Waals surface area contributed by atoms with Crippen LogP contribution in [-0.4, -0.2) is 41.3 Å². The highest BCUT2D eigenvalue weighted by molar-refractivity contribution is 5.97. The number of amides is 2. The third-order valence-electron chi connectivity index (χ3n) is 5.22. The van der Waals surface area contributed by atoms with Gasteiger partial charge in [0.2, 0.25) is 5.91 Å². The maximum Gasteiger partial charge on any atom is 0.272 e. The average Bonchev–Trinajstić information content (AvgIpc) is 3.18. The van der Waals surface area contributed by atoms with Gasteiger partial charge in [-0.15, -0.1) is 0 Å². The largest absolute Gasteiger partial charge is 0.337 e. The molecule has 2 saturated heterocycles. The third-order valence-corrected chi connectivity index (χ3v) is 5.22. The highest BCUT2D eigenvalue weighted by Crippen LogP contribution is 2.42. The third kappa shape index (κ3) is 2.90. The fourth-order valence-electron chi connectivity index (χ4n) is 3.94. The molecule has 0 aliphatic carbocycles. The lowest BCUT2D eigenvalue weighted by Gasteiger charge is -2.24. The number of anilines is 1. The average molecular weight is 335 g/mol. The summed E-state index contributed by atoms with van der Waals surface area (Å²) in [7, 11) is 0. The van der Waals surface area contributed by atoms with Crippen molar-refractivity contribution in [1.82, 2.24) is 9.88 Å². The van der Waals surface area contributed by atoms with Gasteiger partial charge in [-0.3, -0.25) is 9.59 Å². The Bertz CT molecular complexity index is 821. The summed E-state index contributed by atoms with van der Waals surface area (Å²) >= 11 is 0. The molecule has 5 nitrogen and oxygen atoms in total. The van der Waals surface area contributed by atoms with Crippen molar-refractivity contribution < 1.29 is 9.59 Å². The fourth-order valence-corrected chi connectivity index (χ4v) is 3.94. The smallest absolute Gasteiger partial charge is 0.272 e. The molecule has 0 unspecified atom stereocenters. The van der Waals surface area contributed by atoms with Gasteiger partial charge in [0.15, 0.2) is 0 Å². The van der Waals surface area contributed by atoms with Gasteiger partial charge in [-0.2, -0.15) is 0 Å². The van der Waals surface area contributed by atoms with Gasteiger partial charge < -0.3 is 9.80 Å². The molecule has 1 aromatic carbocycles. The molecule has 4 rings (SSSR count). The molecule has 25 heavy (non-hydrogen) atoms. The van der Waals surface area contributed by atoms with Crippen molar-refractivity contribution in [2.45, 2.75) is 19.8 Å². The van der Waals surface area contributed by atoms with Gasteiger partial charge in [-0.05, 0) is 37.6 Å². The highest BCUT2D eigenvalue weighted by atomic mass is 16.2. The van der Waals surface area contributed by atoms with Crippen LogP contribution in [0.25, 0.3) is 0 Å². The number of hydrogen-bond donors (Lipinski definition) is 0. The molecular formula is C20H21N3O2. The van der Waals surface area contributed by atoms with Crippen molar-refractivity contribution >= 4 is 17.5 Å². The number of carbonyl (C=O) groups excluding carboxylic acids is 2. The summed E-state index contributed by atoms with van der Waals surface area (Å²) in [5, 5.41) is 0. The summed E-state index contributed by atoms with van der Waals surface area (Å²) in [6.07, 6.45) is 1.37. The Kier molecular flexibility index (Phi) is 3.79. The SMILES string of the molecule is Cc1cccc(C(=O)N2CC[C@]3(CC(=O)N(c4ccccc4)C3)C2)n1. The number of nitrogens with zero attached hydrogens (tertiary/aromatic N) is 3. The quantitative estimate of drug-likeness (QED) is 0.848. The van der Waals surface area contributed by atoms with E-state index in [1.807, 2.05) is 59.2 Å². The normalized spacial score (nSPS) is 22.8. The topological polar surface area (TPSA) is 53.5 Å². The number of carbonyl (C=O) groups is 2. The van der Waals surface area contributed by atoms with Crippen LogP contribution in [0.4, 0.5) is 5.69 Å². The molecule has 2 aliphatic rings. The van der Waals surface area contributed by atoms with E-state index in [1.165, 1.54) is 0 Å². The van der Waals surface area contributed by atoms with Gasteiger partial charge in [-0.1, -0.05) is 24.3 Å². The molecule has 5 heteroatoms. The van der Waals surface area contributed by atoms with Crippen molar-refractivity contribution in [3.05, 3.63) is 59.9 Å². The number of likely N-dealkylation sites (tertiary alicyclic amines) is 1. The van der Waals surface area contributed by atoms with E-state index in [2.05, 4.69) is 4.98 Å².